The minimum atomic E-state index is -4.42. The number of hydrogen-bond acceptors (Lipinski definition) is 3. The van der Waals surface area contributed by atoms with Crippen LogP contribution in [0, 0.1) is 6.92 Å². The van der Waals surface area contributed by atoms with Crippen molar-refractivity contribution in [3.05, 3.63) is 29.3 Å². The van der Waals surface area contributed by atoms with E-state index >= 15 is 0 Å². The lowest BCUT2D eigenvalue weighted by molar-refractivity contribution is -0.122. The van der Waals surface area contributed by atoms with E-state index in [0.29, 0.717) is 11.1 Å². The Morgan fingerprint density at radius 2 is 1.95 bits per heavy atom. The summed E-state index contributed by atoms with van der Waals surface area (Å²) in [4.78, 5) is -0.259. The van der Waals surface area contributed by atoms with Crippen molar-refractivity contribution in [1.82, 2.24) is 4.72 Å². The molecule has 9 heteroatoms. The molecule has 0 spiro atoms. The molecule has 0 aliphatic heterocycles. The van der Waals surface area contributed by atoms with Crippen LogP contribution in [-0.2, 0) is 16.6 Å². The third-order valence-electron chi connectivity index (χ3n) is 2.59. The van der Waals surface area contributed by atoms with Gasteiger partial charge in [-0.15, -0.1) is 0 Å². The average molecular weight is 314 g/mol. The first-order valence-corrected chi connectivity index (χ1v) is 7.03. The summed E-state index contributed by atoms with van der Waals surface area (Å²) in [5, 5.41) is 0. The molecule has 0 radical (unpaired) electrons. The number of nitrogens with two attached hydrogens (primary N) is 1. The number of benzene rings is 1. The lowest BCUT2D eigenvalue weighted by Gasteiger charge is -2.17. The van der Waals surface area contributed by atoms with Crippen LogP contribution in [0.25, 0.3) is 0 Å². The first kappa shape index (κ1) is 16.9. The molecule has 1 aromatic carbocycles. The van der Waals surface area contributed by atoms with Crippen molar-refractivity contribution in [1.29, 1.82) is 0 Å². The molecule has 0 aromatic heterocycles. The van der Waals surface area contributed by atoms with Crippen LogP contribution in [0.5, 0.6) is 0 Å². The molecule has 0 aliphatic rings. The largest absolute Gasteiger partial charge is 0.326 e. The zero-order chi connectivity index (χ0) is 15.6. The van der Waals surface area contributed by atoms with E-state index in [9.17, 15) is 26.0 Å². The minimum Gasteiger partial charge on any atom is -0.326 e. The van der Waals surface area contributed by atoms with Gasteiger partial charge in [0, 0.05) is 6.54 Å². The second kappa shape index (κ2) is 6.06. The van der Waals surface area contributed by atoms with Gasteiger partial charge in [-0.3, -0.25) is 0 Å². The van der Waals surface area contributed by atoms with Gasteiger partial charge in [0.05, 0.1) is 11.4 Å². The first-order chi connectivity index (χ1) is 9.10. The molecule has 0 atom stereocenters. The van der Waals surface area contributed by atoms with Crippen molar-refractivity contribution in [2.24, 2.45) is 5.73 Å². The van der Waals surface area contributed by atoms with Crippen LogP contribution < -0.4 is 10.5 Å². The maximum Gasteiger partial charge on any atom is 0.320 e. The van der Waals surface area contributed by atoms with E-state index in [4.69, 9.17) is 5.73 Å². The highest BCUT2D eigenvalue weighted by Crippen LogP contribution is 2.23. The highest BCUT2D eigenvalue weighted by molar-refractivity contribution is 7.89. The van der Waals surface area contributed by atoms with Gasteiger partial charge < -0.3 is 5.73 Å². The van der Waals surface area contributed by atoms with Gasteiger partial charge in [0.15, 0.2) is 0 Å². The molecule has 1 rings (SSSR count). The normalized spacial score (nSPS) is 12.9. The van der Waals surface area contributed by atoms with E-state index in [0.717, 1.165) is 0 Å². The number of nitrogens with one attached hydrogen (secondary N) is 1. The SMILES string of the molecule is Cc1ccc(CN)cc1S(=O)(=O)NCC(F)(F)C(F)F. The van der Waals surface area contributed by atoms with Crippen molar-refractivity contribution in [2.75, 3.05) is 6.54 Å². The molecule has 4 nitrogen and oxygen atoms in total. The zero-order valence-electron chi connectivity index (χ0n) is 10.5. The fourth-order valence-corrected chi connectivity index (χ4v) is 2.74. The highest BCUT2D eigenvalue weighted by atomic mass is 32.2. The van der Waals surface area contributed by atoms with Crippen LogP contribution in [-0.4, -0.2) is 27.3 Å². The second-order valence-corrected chi connectivity index (χ2v) is 5.93. The maximum absolute atomic E-state index is 12.7. The van der Waals surface area contributed by atoms with Gasteiger partial charge in [-0.05, 0) is 24.1 Å². The van der Waals surface area contributed by atoms with Crippen LogP contribution in [0.1, 0.15) is 11.1 Å². The Labute approximate surface area is 114 Å². The molecule has 3 N–H and O–H groups in total. The molecule has 114 valence electrons. The summed E-state index contributed by atoms with van der Waals surface area (Å²) in [6.45, 7) is -0.143. The van der Waals surface area contributed by atoms with Crippen LogP contribution >= 0.6 is 0 Å². The summed E-state index contributed by atoms with van der Waals surface area (Å²) in [6, 6.07) is 4.27. The molecule has 0 saturated heterocycles. The fraction of sp³-hybridized carbons (Fsp3) is 0.455. The van der Waals surface area contributed by atoms with Gasteiger partial charge in [-0.2, -0.15) is 8.78 Å². The van der Waals surface area contributed by atoms with Crippen molar-refractivity contribution in [3.63, 3.8) is 0 Å². The molecule has 0 amide bonds. The molecular formula is C11H14F4N2O2S. The van der Waals surface area contributed by atoms with Gasteiger partial charge >= 0.3 is 12.3 Å². The molecule has 0 saturated carbocycles. The summed E-state index contributed by atoms with van der Waals surface area (Å²) in [7, 11) is -4.31. The third kappa shape index (κ3) is 3.90. The molecule has 0 unspecified atom stereocenters. The Hall–Kier alpha value is -1.19. The Morgan fingerprint density at radius 3 is 2.45 bits per heavy atom. The first-order valence-electron chi connectivity index (χ1n) is 5.55. The summed E-state index contributed by atoms with van der Waals surface area (Å²) in [5.74, 6) is -4.42. The number of rotatable bonds is 6. The average Bonchev–Trinajstić information content (AvgIpc) is 2.37. The van der Waals surface area contributed by atoms with Gasteiger partial charge in [0.2, 0.25) is 10.0 Å². The summed E-state index contributed by atoms with van der Waals surface area (Å²) in [5.41, 5.74) is 6.14. The fourth-order valence-electron chi connectivity index (χ4n) is 1.41. The topological polar surface area (TPSA) is 72.2 Å². The van der Waals surface area contributed by atoms with E-state index in [1.807, 2.05) is 0 Å². The lowest BCUT2D eigenvalue weighted by Crippen LogP contribution is -2.41. The standard InChI is InChI=1S/C11H14F4N2O2S/c1-7-2-3-8(5-16)4-9(7)20(18,19)17-6-11(14,15)10(12)13/h2-4,10,17H,5-6,16H2,1H3. The minimum absolute atomic E-state index is 0.0655. The number of aryl methyl sites for hydroxylation is 1. The van der Waals surface area contributed by atoms with E-state index < -0.39 is 28.9 Å². The number of alkyl halides is 4. The number of hydrogen-bond donors (Lipinski definition) is 2. The second-order valence-electron chi connectivity index (χ2n) is 4.19. The van der Waals surface area contributed by atoms with Crippen molar-refractivity contribution in [2.45, 2.75) is 30.7 Å². The van der Waals surface area contributed by atoms with E-state index in [1.165, 1.54) is 23.8 Å². The van der Waals surface area contributed by atoms with Crippen molar-refractivity contribution < 1.29 is 26.0 Å². The molecule has 1 aromatic rings. The molecule has 0 aliphatic carbocycles. The van der Waals surface area contributed by atoms with Crippen LogP contribution in [0.2, 0.25) is 0 Å². The van der Waals surface area contributed by atoms with Crippen LogP contribution in [0.15, 0.2) is 23.1 Å². The predicted molar refractivity (Wildman–Crippen MR) is 65.2 cm³/mol. The van der Waals surface area contributed by atoms with Crippen molar-refractivity contribution >= 4 is 10.0 Å². The zero-order valence-corrected chi connectivity index (χ0v) is 11.4. The molecule has 20 heavy (non-hydrogen) atoms. The predicted octanol–water partition coefficient (Wildman–Crippen LogP) is 1.63. The van der Waals surface area contributed by atoms with Gasteiger partial charge in [0.25, 0.3) is 0 Å². The number of halogens is 4. The third-order valence-corrected chi connectivity index (χ3v) is 4.14. The molecule has 0 fully saturated rings. The monoisotopic (exact) mass is 314 g/mol. The summed E-state index contributed by atoms with van der Waals surface area (Å²) < 4.78 is 74.7. The Kier molecular flexibility index (Phi) is 5.11. The van der Waals surface area contributed by atoms with E-state index in [2.05, 4.69) is 0 Å². The highest BCUT2D eigenvalue weighted by Gasteiger charge is 2.41. The maximum atomic E-state index is 12.7. The van der Waals surface area contributed by atoms with Crippen LogP contribution in [0.4, 0.5) is 17.6 Å². The molecular weight excluding hydrogens is 300 g/mol. The van der Waals surface area contributed by atoms with Gasteiger partial charge in [-0.1, -0.05) is 12.1 Å². The Bertz CT molecular complexity index is 576. The molecule has 0 bridgehead atoms. The number of sulfonamides is 1. The van der Waals surface area contributed by atoms with Gasteiger partial charge in [0.1, 0.15) is 0 Å². The Morgan fingerprint density at radius 1 is 1.35 bits per heavy atom. The smallest absolute Gasteiger partial charge is 0.320 e. The molecule has 0 heterocycles. The lowest BCUT2D eigenvalue weighted by atomic mass is 10.1. The van der Waals surface area contributed by atoms with Gasteiger partial charge in [-0.25, -0.2) is 21.9 Å². The quantitative estimate of drug-likeness (QED) is 0.784. The Balaban J connectivity index is 3.00. The van der Waals surface area contributed by atoms with E-state index in [1.54, 1.807) is 6.07 Å². The van der Waals surface area contributed by atoms with Crippen molar-refractivity contribution in [3.8, 4) is 0 Å². The van der Waals surface area contributed by atoms with E-state index in [-0.39, 0.29) is 11.4 Å². The van der Waals surface area contributed by atoms with Crippen LogP contribution in [0.3, 0.4) is 0 Å². The summed E-state index contributed by atoms with van der Waals surface area (Å²) in [6.07, 6.45) is -3.94. The summed E-state index contributed by atoms with van der Waals surface area (Å²) >= 11 is 0.